The molecule has 2 aromatic heterocycles. The first-order valence-electron chi connectivity index (χ1n) is 5.60. The third-order valence-corrected chi connectivity index (χ3v) is 3.64. The Kier molecular flexibility index (Phi) is 2.64. The lowest BCUT2D eigenvalue weighted by Gasteiger charge is -2.00. The number of nitrogen functional groups attached to an aromatic ring is 1. The molecular weight excluding hydrogens is 244 g/mol. The van der Waals surface area contributed by atoms with Crippen molar-refractivity contribution < 1.29 is 4.42 Å². The van der Waals surface area contributed by atoms with Crippen LogP contribution in [-0.4, -0.2) is 4.98 Å². The van der Waals surface area contributed by atoms with E-state index in [1.54, 1.807) is 17.6 Å². The molecule has 4 heteroatoms. The van der Waals surface area contributed by atoms with Crippen molar-refractivity contribution in [1.82, 2.24) is 4.98 Å². The summed E-state index contributed by atoms with van der Waals surface area (Å²) in [6, 6.07) is 9.68. The molecular formula is C14H12N2OS. The van der Waals surface area contributed by atoms with Crippen molar-refractivity contribution in [3.05, 3.63) is 47.5 Å². The van der Waals surface area contributed by atoms with Gasteiger partial charge < -0.3 is 10.2 Å². The van der Waals surface area contributed by atoms with E-state index in [0.29, 0.717) is 0 Å². The SMILES string of the molecule is Cc1ccoc1-c1nc(-c2ccccc2N)cs1. The first kappa shape index (κ1) is 11.0. The van der Waals surface area contributed by atoms with Crippen molar-refractivity contribution in [2.75, 3.05) is 5.73 Å². The Balaban J connectivity index is 2.05. The third-order valence-electron chi connectivity index (χ3n) is 2.80. The first-order valence-corrected chi connectivity index (χ1v) is 6.48. The Morgan fingerprint density at radius 3 is 2.78 bits per heavy atom. The lowest BCUT2D eigenvalue weighted by atomic mass is 10.1. The summed E-state index contributed by atoms with van der Waals surface area (Å²) in [4.78, 5) is 4.59. The normalized spacial score (nSPS) is 10.7. The third kappa shape index (κ3) is 1.80. The molecule has 1 aromatic carbocycles. The van der Waals surface area contributed by atoms with Crippen LogP contribution in [0.3, 0.4) is 0 Å². The number of hydrogen-bond donors (Lipinski definition) is 1. The van der Waals surface area contributed by atoms with Crippen LogP contribution in [0.15, 0.2) is 46.4 Å². The van der Waals surface area contributed by atoms with Crippen LogP contribution in [-0.2, 0) is 0 Å². The van der Waals surface area contributed by atoms with Crippen LogP contribution in [0.25, 0.3) is 22.0 Å². The van der Waals surface area contributed by atoms with E-state index in [2.05, 4.69) is 4.98 Å². The van der Waals surface area contributed by atoms with Crippen molar-refractivity contribution in [1.29, 1.82) is 0 Å². The Morgan fingerprint density at radius 1 is 1.22 bits per heavy atom. The maximum absolute atomic E-state index is 5.95. The van der Waals surface area contributed by atoms with Gasteiger partial charge >= 0.3 is 0 Å². The second-order valence-electron chi connectivity index (χ2n) is 4.06. The summed E-state index contributed by atoms with van der Waals surface area (Å²) in [5.41, 5.74) is 9.64. The Labute approximate surface area is 109 Å². The fourth-order valence-corrected chi connectivity index (χ4v) is 2.69. The van der Waals surface area contributed by atoms with Gasteiger partial charge in [-0.15, -0.1) is 11.3 Å². The maximum Gasteiger partial charge on any atom is 0.165 e. The molecule has 0 aliphatic rings. The number of aryl methyl sites for hydroxylation is 1. The standard InChI is InChI=1S/C14H12N2OS/c1-9-6-7-17-13(9)14-16-12(8-18-14)10-4-2-3-5-11(10)15/h2-8H,15H2,1H3. The molecule has 3 rings (SSSR count). The van der Waals surface area contributed by atoms with Crippen molar-refractivity contribution in [3.63, 3.8) is 0 Å². The summed E-state index contributed by atoms with van der Waals surface area (Å²) < 4.78 is 5.45. The molecule has 0 saturated heterocycles. The van der Waals surface area contributed by atoms with E-state index >= 15 is 0 Å². The van der Waals surface area contributed by atoms with Crippen LogP contribution in [0, 0.1) is 6.92 Å². The van der Waals surface area contributed by atoms with Gasteiger partial charge in [-0.1, -0.05) is 18.2 Å². The molecule has 0 fully saturated rings. The molecule has 0 amide bonds. The number of nitrogens with two attached hydrogens (primary N) is 1. The molecule has 3 aromatic rings. The molecule has 18 heavy (non-hydrogen) atoms. The van der Waals surface area contributed by atoms with Gasteiger partial charge in [0, 0.05) is 16.6 Å². The number of aromatic nitrogens is 1. The Morgan fingerprint density at radius 2 is 2.06 bits per heavy atom. The van der Waals surface area contributed by atoms with Crippen LogP contribution in [0.4, 0.5) is 5.69 Å². The molecule has 0 saturated carbocycles. The maximum atomic E-state index is 5.95. The predicted molar refractivity (Wildman–Crippen MR) is 74.4 cm³/mol. The van der Waals surface area contributed by atoms with Gasteiger partial charge in [-0.05, 0) is 24.6 Å². The second kappa shape index (κ2) is 4.31. The number of nitrogens with zero attached hydrogens (tertiary/aromatic N) is 1. The van der Waals surface area contributed by atoms with Crippen molar-refractivity contribution in [2.24, 2.45) is 0 Å². The molecule has 3 nitrogen and oxygen atoms in total. The lowest BCUT2D eigenvalue weighted by molar-refractivity contribution is 0.580. The minimum atomic E-state index is 0.741. The molecule has 0 aliphatic heterocycles. The monoisotopic (exact) mass is 256 g/mol. The zero-order valence-corrected chi connectivity index (χ0v) is 10.7. The molecule has 0 atom stereocenters. The zero-order chi connectivity index (χ0) is 12.5. The number of hydrogen-bond acceptors (Lipinski definition) is 4. The average Bonchev–Trinajstić information content (AvgIpc) is 2.98. The molecule has 0 spiro atoms. The van der Waals surface area contributed by atoms with E-state index in [4.69, 9.17) is 10.2 Å². The highest BCUT2D eigenvalue weighted by Gasteiger charge is 2.12. The van der Waals surface area contributed by atoms with E-state index in [9.17, 15) is 0 Å². The first-order chi connectivity index (χ1) is 8.75. The molecule has 2 N–H and O–H groups in total. The highest BCUT2D eigenvalue weighted by Crippen LogP contribution is 2.33. The topological polar surface area (TPSA) is 52.0 Å². The van der Waals surface area contributed by atoms with Crippen molar-refractivity contribution in [2.45, 2.75) is 6.92 Å². The van der Waals surface area contributed by atoms with Crippen molar-refractivity contribution >= 4 is 17.0 Å². The highest BCUT2D eigenvalue weighted by atomic mass is 32.1. The van der Waals surface area contributed by atoms with E-state index in [1.807, 2.05) is 42.6 Å². The fourth-order valence-electron chi connectivity index (χ4n) is 1.82. The minimum absolute atomic E-state index is 0.741. The van der Waals surface area contributed by atoms with Gasteiger partial charge in [0.05, 0.1) is 12.0 Å². The van der Waals surface area contributed by atoms with Crippen LogP contribution < -0.4 is 5.73 Å². The van der Waals surface area contributed by atoms with Crippen LogP contribution in [0.1, 0.15) is 5.56 Å². The van der Waals surface area contributed by atoms with Gasteiger partial charge in [-0.3, -0.25) is 0 Å². The Hall–Kier alpha value is -2.07. The minimum Gasteiger partial charge on any atom is -0.462 e. The summed E-state index contributed by atoms with van der Waals surface area (Å²) in [5.74, 6) is 0.834. The van der Waals surface area contributed by atoms with Gasteiger partial charge in [0.25, 0.3) is 0 Å². The van der Waals surface area contributed by atoms with Gasteiger partial charge in [0.1, 0.15) is 0 Å². The number of para-hydroxylation sites is 1. The molecule has 0 unspecified atom stereocenters. The number of rotatable bonds is 2. The Bertz CT molecular complexity index is 684. The van der Waals surface area contributed by atoms with E-state index in [0.717, 1.165) is 33.3 Å². The molecule has 0 radical (unpaired) electrons. The summed E-state index contributed by atoms with van der Waals surface area (Å²) in [6.07, 6.45) is 1.68. The predicted octanol–water partition coefficient (Wildman–Crippen LogP) is 3.96. The number of thiazole rings is 1. The smallest absolute Gasteiger partial charge is 0.165 e. The van der Waals surface area contributed by atoms with E-state index in [-0.39, 0.29) is 0 Å². The largest absolute Gasteiger partial charge is 0.462 e. The van der Waals surface area contributed by atoms with Crippen LogP contribution in [0.2, 0.25) is 0 Å². The molecule has 90 valence electrons. The summed E-state index contributed by atoms with van der Waals surface area (Å²) in [5, 5.41) is 2.89. The molecule has 2 heterocycles. The van der Waals surface area contributed by atoms with Crippen LogP contribution >= 0.6 is 11.3 Å². The highest BCUT2D eigenvalue weighted by molar-refractivity contribution is 7.13. The molecule has 0 aliphatic carbocycles. The van der Waals surface area contributed by atoms with Gasteiger partial charge in [-0.25, -0.2) is 4.98 Å². The number of furan rings is 1. The van der Waals surface area contributed by atoms with Crippen LogP contribution in [0.5, 0.6) is 0 Å². The number of anilines is 1. The average molecular weight is 256 g/mol. The van der Waals surface area contributed by atoms with Gasteiger partial charge in [0.15, 0.2) is 10.8 Å². The van der Waals surface area contributed by atoms with Gasteiger partial charge in [-0.2, -0.15) is 0 Å². The zero-order valence-electron chi connectivity index (χ0n) is 9.88. The van der Waals surface area contributed by atoms with Gasteiger partial charge in [0.2, 0.25) is 0 Å². The lowest BCUT2D eigenvalue weighted by Crippen LogP contribution is -1.89. The summed E-state index contributed by atoms with van der Waals surface area (Å²) >= 11 is 1.56. The summed E-state index contributed by atoms with van der Waals surface area (Å²) in [6.45, 7) is 2.01. The molecule has 0 bridgehead atoms. The quantitative estimate of drug-likeness (QED) is 0.706. The fraction of sp³-hybridized carbons (Fsp3) is 0.0714. The van der Waals surface area contributed by atoms with E-state index < -0.39 is 0 Å². The van der Waals surface area contributed by atoms with E-state index in [1.165, 1.54) is 0 Å². The van der Waals surface area contributed by atoms with Crippen molar-refractivity contribution in [3.8, 4) is 22.0 Å². The summed E-state index contributed by atoms with van der Waals surface area (Å²) in [7, 11) is 0. The second-order valence-corrected chi connectivity index (χ2v) is 4.92. The number of benzene rings is 1.